The van der Waals surface area contributed by atoms with E-state index >= 15 is 0 Å². The van der Waals surface area contributed by atoms with Crippen LogP contribution in [0, 0.1) is 0 Å². The monoisotopic (exact) mass is 281 g/mol. The standard InChI is InChI=1S/C14H20BrN/c1-4-16-14(10-9-11(2)3)12-7-5-6-8-13(12)15/h5-8,14,16H,2,4,9-10H2,1,3H3. The molecule has 0 heterocycles. The molecular weight excluding hydrogens is 262 g/mol. The van der Waals surface area contributed by atoms with Gasteiger partial charge in [-0.25, -0.2) is 0 Å². The lowest BCUT2D eigenvalue weighted by molar-refractivity contribution is 0.513. The first kappa shape index (κ1) is 13.5. The fourth-order valence-corrected chi connectivity index (χ4v) is 2.32. The van der Waals surface area contributed by atoms with Gasteiger partial charge in [0.2, 0.25) is 0 Å². The van der Waals surface area contributed by atoms with E-state index < -0.39 is 0 Å². The number of nitrogens with one attached hydrogen (secondary N) is 1. The van der Waals surface area contributed by atoms with E-state index in [0.717, 1.165) is 19.4 Å². The zero-order valence-corrected chi connectivity index (χ0v) is 11.7. The van der Waals surface area contributed by atoms with Crippen molar-refractivity contribution in [1.29, 1.82) is 0 Å². The van der Waals surface area contributed by atoms with Gasteiger partial charge in [0.05, 0.1) is 0 Å². The summed E-state index contributed by atoms with van der Waals surface area (Å²) >= 11 is 3.61. The van der Waals surface area contributed by atoms with E-state index in [1.165, 1.54) is 15.6 Å². The van der Waals surface area contributed by atoms with Gasteiger partial charge in [0, 0.05) is 10.5 Å². The lowest BCUT2D eigenvalue weighted by Gasteiger charge is -2.19. The molecule has 1 unspecified atom stereocenters. The third-order valence-electron chi connectivity index (χ3n) is 2.59. The summed E-state index contributed by atoms with van der Waals surface area (Å²) in [5.74, 6) is 0. The third-order valence-corrected chi connectivity index (χ3v) is 3.31. The van der Waals surface area contributed by atoms with Gasteiger partial charge in [0.1, 0.15) is 0 Å². The number of hydrogen-bond acceptors (Lipinski definition) is 1. The van der Waals surface area contributed by atoms with Crippen LogP contribution in [-0.4, -0.2) is 6.54 Å². The fourth-order valence-electron chi connectivity index (χ4n) is 1.76. The maximum Gasteiger partial charge on any atom is 0.0334 e. The SMILES string of the molecule is C=C(C)CCC(NCC)c1ccccc1Br. The molecule has 0 aromatic heterocycles. The molecule has 0 saturated heterocycles. The van der Waals surface area contributed by atoms with Crippen LogP contribution in [0.5, 0.6) is 0 Å². The summed E-state index contributed by atoms with van der Waals surface area (Å²) in [4.78, 5) is 0. The number of rotatable bonds is 6. The molecule has 1 atom stereocenters. The maximum absolute atomic E-state index is 3.96. The summed E-state index contributed by atoms with van der Waals surface area (Å²) in [7, 11) is 0. The van der Waals surface area contributed by atoms with Crippen molar-refractivity contribution < 1.29 is 0 Å². The third kappa shape index (κ3) is 4.11. The Morgan fingerprint density at radius 3 is 2.69 bits per heavy atom. The van der Waals surface area contributed by atoms with Crippen molar-refractivity contribution in [1.82, 2.24) is 5.32 Å². The lowest BCUT2D eigenvalue weighted by atomic mass is 10.00. The van der Waals surface area contributed by atoms with Crippen LogP contribution < -0.4 is 5.32 Å². The first-order valence-corrected chi connectivity index (χ1v) is 6.56. The van der Waals surface area contributed by atoms with Crippen LogP contribution in [0.4, 0.5) is 0 Å². The highest BCUT2D eigenvalue weighted by molar-refractivity contribution is 9.10. The second-order valence-electron chi connectivity index (χ2n) is 4.13. The molecule has 1 nitrogen and oxygen atoms in total. The largest absolute Gasteiger partial charge is 0.310 e. The average Bonchev–Trinajstić information content (AvgIpc) is 2.25. The molecule has 0 amide bonds. The van der Waals surface area contributed by atoms with Gasteiger partial charge in [-0.1, -0.05) is 46.6 Å². The summed E-state index contributed by atoms with van der Waals surface area (Å²) < 4.78 is 1.18. The predicted octanol–water partition coefficient (Wildman–Crippen LogP) is 4.46. The lowest BCUT2D eigenvalue weighted by Crippen LogP contribution is -2.21. The van der Waals surface area contributed by atoms with Gasteiger partial charge >= 0.3 is 0 Å². The minimum atomic E-state index is 0.414. The quantitative estimate of drug-likeness (QED) is 0.760. The Kier molecular flexibility index (Phi) is 5.78. The molecule has 1 rings (SSSR count). The fraction of sp³-hybridized carbons (Fsp3) is 0.429. The van der Waals surface area contributed by atoms with Crippen LogP contribution in [0.15, 0.2) is 40.9 Å². The molecule has 2 heteroatoms. The van der Waals surface area contributed by atoms with Crippen LogP contribution in [0.25, 0.3) is 0 Å². The van der Waals surface area contributed by atoms with E-state index in [-0.39, 0.29) is 0 Å². The smallest absolute Gasteiger partial charge is 0.0334 e. The Bertz CT molecular complexity index is 346. The Morgan fingerprint density at radius 1 is 1.44 bits per heavy atom. The van der Waals surface area contributed by atoms with Crippen LogP contribution >= 0.6 is 15.9 Å². The van der Waals surface area contributed by atoms with Gasteiger partial charge in [-0.15, -0.1) is 6.58 Å². The first-order valence-electron chi connectivity index (χ1n) is 5.77. The molecule has 0 radical (unpaired) electrons. The maximum atomic E-state index is 3.96. The van der Waals surface area contributed by atoms with E-state index in [1.807, 2.05) is 0 Å². The topological polar surface area (TPSA) is 12.0 Å². The summed E-state index contributed by atoms with van der Waals surface area (Å²) in [5, 5.41) is 3.52. The zero-order valence-electron chi connectivity index (χ0n) is 10.1. The molecule has 16 heavy (non-hydrogen) atoms. The van der Waals surface area contributed by atoms with Gasteiger partial charge in [0.25, 0.3) is 0 Å². The van der Waals surface area contributed by atoms with Crippen molar-refractivity contribution in [3.05, 3.63) is 46.5 Å². The number of hydrogen-bond donors (Lipinski definition) is 1. The van der Waals surface area contributed by atoms with Gasteiger partial charge < -0.3 is 5.32 Å². The van der Waals surface area contributed by atoms with Crippen LogP contribution in [0.2, 0.25) is 0 Å². The molecule has 0 aliphatic heterocycles. The Labute approximate surface area is 107 Å². The van der Waals surface area contributed by atoms with E-state index in [4.69, 9.17) is 0 Å². The molecule has 0 fully saturated rings. The van der Waals surface area contributed by atoms with Crippen LogP contribution in [-0.2, 0) is 0 Å². The molecule has 1 N–H and O–H groups in total. The van der Waals surface area contributed by atoms with E-state index in [0.29, 0.717) is 6.04 Å². The minimum absolute atomic E-state index is 0.414. The molecule has 0 aliphatic rings. The Balaban J connectivity index is 2.76. The molecule has 88 valence electrons. The number of halogens is 1. The minimum Gasteiger partial charge on any atom is -0.310 e. The molecule has 1 aromatic rings. The van der Waals surface area contributed by atoms with Gasteiger partial charge in [-0.3, -0.25) is 0 Å². The Morgan fingerprint density at radius 2 is 2.12 bits per heavy atom. The van der Waals surface area contributed by atoms with E-state index in [1.54, 1.807) is 0 Å². The van der Waals surface area contributed by atoms with E-state index in [2.05, 4.69) is 65.9 Å². The average molecular weight is 282 g/mol. The van der Waals surface area contributed by atoms with Gasteiger partial charge in [0.15, 0.2) is 0 Å². The predicted molar refractivity (Wildman–Crippen MR) is 74.6 cm³/mol. The number of allylic oxidation sites excluding steroid dienone is 1. The van der Waals surface area contributed by atoms with Crippen molar-refractivity contribution in [2.75, 3.05) is 6.54 Å². The molecule has 0 spiro atoms. The van der Waals surface area contributed by atoms with Gasteiger partial charge in [-0.05, 0) is 37.9 Å². The van der Waals surface area contributed by atoms with Crippen molar-refractivity contribution in [3.8, 4) is 0 Å². The van der Waals surface area contributed by atoms with Gasteiger partial charge in [-0.2, -0.15) is 0 Å². The highest BCUT2D eigenvalue weighted by Crippen LogP contribution is 2.27. The van der Waals surface area contributed by atoms with Crippen molar-refractivity contribution in [2.24, 2.45) is 0 Å². The first-order chi connectivity index (χ1) is 7.65. The summed E-state index contributed by atoms with van der Waals surface area (Å²) in [5.41, 5.74) is 2.58. The molecular formula is C14H20BrN. The van der Waals surface area contributed by atoms with Crippen molar-refractivity contribution in [2.45, 2.75) is 32.7 Å². The highest BCUT2D eigenvalue weighted by Gasteiger charge is 2.12. The second kappa shape index (κ2) is 6.87. The normalized spacial score (nSPS) is 12.4. The Hall–Kier alpha value is -0.600. The van der Waals surface area contributed by atoms with Crippen LogP contribution in [0.1, 0.15) is 38.3 Å². The number of benzene rings is 1. The molecule has 0 saturated carbocycles. The van der Waals surface area contributed by atoms with Crippen molar-refractivity contribution in [3.63, 3.8) is 0 Å². The van der Waals surface area contributed by atoms with E-state index in [9.17, 15) is 0 Å². The van der Waals surface area contributed by atoms with Crippen molar-refractivity contribution >= 4 is 15.9 Å². The molecule has 0 bridgehead atoms. The second-order valence-corrected chi connectivity index (χ2v) is 4.98. The summed E-state index contributed by atoms with van der Waals surface area (Å²) in [6, 6.07) is 8.83. The highest BCUT2D eigenvalue weighted by atomic mass is 79.9. The summed E-state index contributed by atoms with van der Waals surface area (Å²) in [6.45, 7) is 9.18. The summed E-state index contributed by atoms with van der Waals surface area (Å²) in [6.07, 6.45) is 2.17. The zero-order chi connectivity index (χ0) is 12.0. The molecule has 1 aromatic carbocycles. The van der Waals surface area contributed by atoms with Crippen LogP contribution in [0.3, 0.4) is 0 Å². The molecule has 0 aliphatic carbocycles.